The van der Waals surface area contributed by atoms with Gasteiger partial charge in [-0.05, 0) is 28.4 Å². The monoisotopic (exact) mass is 598 g/mol. The van der Waals surface area contributed by atoms with Crippen molar-refractivity contribution in [3.63, 3.8) is 0 Å². The van der Waals surface area contributed by atoms with Crippen LogP contribution in [0.15, 0.2) is 20.1 Å². The summed E-state index contributed by atoms with van der Waals surface area (Å²) in [6.45, 7) is 1.80. The van der Waals surface area contributed by atoms with Gasteiger partial charge in [-0.25, -0.2) is 4.79 Å². The number of rotatable bonds is 6. The number of aryl methyl sites for hydroxylation is 2. The molecule has 2 N–H and O–H groups in total. The maximum atomic E-state index is 13.2. The largest absolute Gasteiger partial charge is 0.477 e. The highest BCUT2D eigenvalue weighted by molar-refractivity contribution is 9.10. The Hall–Kier alpha value is -2.11. The Labute approximate surface area is 210 Å². The second-order valence-electron chi connectivity index (χ2n) is 7.13. The van der Waals surface area contributed by atoms with Gasteiger partial charge in [0.2, 0.25) is 0 Å². The molecule has 2 amide bonds. The van der Waals surface area contributed by atoms with Gasteiger partial charge >= 0.3 is 12.1 Å². The molecule has 0 aliphatic carbocycles. The van der Waals surface area contributed by atoms with Gasteiger partial charge < -0.3 is 10.4 Å². The molecule has 0 unspecified atom stereocenters. The molecule has 10 nitrogen and oxygen atoms in total. The summed E-state index contributed by atoms with van der Waals surface area (Å²) in [6.07, 6.45) is -4.75. The van der Waals surface area contributed by atoms with Gasteiger partial charge in [0.1, 0.15) is 22.1 Å². The molecular formula is C17H14BrF3N6O4S3. The van der Waals surface area contributed by atoms with Crippen molar-refractivity contribution in [1.82, 2.24) is 30.2 Å². The van der Waals surface area contributed by atoms with E-state index in [-0.39, 0.29) is 11.4 Å². The minimum absolute atomic E-state index is 0.161. The molecule has 4 heterocycles. The summed E-state index contributed by atoms with van der Waals surface area (Å²) in [6, 6.07) is -1.10. The van der Waals surface area contributed by atoms with Crippen LogP contribution < -0.4 is 5.32 Å². The number of carbonyl (C=O) groups is 3. The zero-order chi connectivity index (χ0) is 24.9. The number of amides is 2. The Bertz CT molecular complexity index is 1230. The lowest BCUT2D eigenvalue weighted by Crippen LogP contribution is -2.70. The van der Waals surface area contributed by atoms with Crippen LogP contribution in [0.4, 0.5) is 13.2 Å². The molecule has 2 atom stereocenters. The van der Waals surface area contributed by atoms with Crippen molar-refractivity contribution in [2.75, 3.05) is 11.5 Å². The van der Waals surface area contributed by atoms with Crippen molar-refractivity contribution in [3.8, 4) is 0 Å². The Kier molecular flexibility index (Phi) is 6.73. The minimum atomic E-state index is -4.75. The zero-order valence-corrected chi connectivity index (χ0v) is 21.2. The molecular weight excluding hydrogens is 585 g/mol. The molecule has 1 saturated heterocycles. The van der Waals surface area contributed by atoms with E-state index in [0.717, 1.165) is 17.0 Å². The SMILES string of the molecule is Cc1nnc(SCC2=C(C(=O)O)N3C(=O)[C@@H](NC(=O)c4nn(C)c(C(F)(F)F)c4Br)[C@@H]3SC2)s1. The number of carboxylic acid groups (broad SMARTS) is 1. The molecule has 0 spiro atoms. The number of carboxylic acids is 1. The summed E-state index contributed by atoms with van der Waals surface area (Å²) in [7, 11) is 1.05. The number of hydrogen-bond donors (Lipinski definition) is 2. The highest BCUT2D eigenvalue weighted by atomic mass is 79.9. The predicted octanol–water partition coefficient (Wildman–Crippen LogP) is 2.51. The minimum Gasteiger partial charge on any atom is -0.477 e. The average Bonchev–Trinajstić information content (AvgIpc) is 3.30. The van der Waals surface area contributed by atoms with E-state index in [2.05, 4.69) is 36.5 Å². The summed E-state index contributed by atoms with van der Waals surface area (Å²) in [5, 5.41) is 23.7. The van der Waals surface area contributed by atoms with Crippen LogP contribution >= 0.6 is 50.8 Å². The number of aromatic nitrogens is 4. The fourth-order valence-electron chi connectivity index (χ4n) is 3.44. The van der Waals surface area contributed by atoms with Gasteiger partial charge in [0, 0.05) is 18.6 Å². The highest BCUT2D eigenvalue weighted by Gasteiger charge is 2.54. The van der Waals surface area contributed by atoms with Gasteiger partial charge in [-0.2, -0.15) is 18.3 Å². The van der Waals surface area contributed by atoms with E-state index >= 15 is 0 Å². The smallest absolute Gasteiger partial charge is 0.434 e. The van der Waals surface area contributed by atoms with Crippen LogP contribution in [0, 0.1) is 6.92 Å². The van der Waals surface area contributed by atoms with Crippen LogP contribution in [0.3, 0.4) is 0 Å². The molecule has 0 bridgehead atoms. The Morgan fingerprint density at radius 2 is 2.06 bits per heavy atom. The number of aliphatic carboxylic acids is 1. The third-order valence-corrected chi connectivity index (χ3v) is 9.04. The molecule has 1 fully saturated rings. The normalized spacial score (nSPS) is 20.3. The van der Waals surface area contributed by atoms with E-state index in [0.29, 0.717) is 20.3 Å². The van der Waals surface area contributed by atoms with Crippen LogP contribution in [0.1, 0.15) is 21.2 Å². The highest BCUT2D eigenvalue weighted by Crippen LogP contribution is 2.42. The quantitative estimate of drug-likeness (QED) is 0.380. The number of hydrogen-bond acceptors (Lipinski definition) is 9. The first kappa shape index (κ1) is 25.0. The molecule has 0 radical (unpaired) electrons. The first-order valence-electron chi connectivity index (χ1n) is 9.33. The van der Waals surface area contributed by atoms with Gasteiger partial charge in [0.05, 0.1) is 4.47 Å². The lowest BCUT2D eigenvalue weighted by molar-refractivity contribution is -0.148. The number of alkyl halides is 3. The van der Waals surface area contributed by atoms with E-state index < -0.39 is 51.2 Å². The van der Waals surface area contributed by atoms with Crippen molar-refractivity contribution in [2.45, 2.75) is 28.9 Å². The second kappa shape index (κ2) is 9.16. The van der Waals surface area contributed by atoms with E-state index in [1.807, 2.05) is 0 Å². The summed E-state index contributed by atoms with van der Waals surface area (Å²) < 4.78 is 40.2. The molecule has 2 aromatic heterocycles. The molecule has 34 heavy (non-hydrogen) atoms. The summed E-state index contributed by atoms with van der Waals surface area (Å²) in [4.78, 5) is 38.4. The number of nitrogens with one attached hydrogen (secondary N) is 1. The van der Waals surface area contributed by atoms with Crippen molar-refractivity contribution in [2.24, 2.45) is 7.05 Å². The molecule has 2 aliphatic rings. The van der Waals surface area contributed by atoms with Crippen molar-refractivity contribution in [1.29, 1.82) is 0 Å². The van der Waals surface area contributed by atoms with Crippen LogP contribution in [-0.2, 0) is 22.8 Å². The molecule has 4 rings (SSSR count). The molecule has 182 valence electrons. The number of nitrogens with zero attached hydrogens (tertiary/aromatic N) is 5. The van der Waals surface area contributed by atoms with Gasteiger partial charge in [0.15, 0.2) is 15.7 Å². The summed E-state index contributed by atoms with van der Waals surface area (Å²) in [5.41, 5.74) is -1.31. The van der Waals surface area contributed by atoms with Crippen LogP contribution in [0.5, 0.6) is 0 Å². The Morgan fingerprint density at radius 3 is 2.62 bits per heavy atom. The predicted molar refractivity (Wildman–Crippen MR) is 120 cm³/mol. The van der Waals surface area contributed by atoms with Crippen molar-refractivity contribution >= 4 is 68.6 Å². The molecule has 0 aromatic carbocycles. The zero-order valence-electron chi connectivity index (χ0n) is 17.2. The van der Waals surface area contributed by atoms with Gasteiger partial charge in [0.25, 0.3) is 11.8 Å². The number of thioether (sulfide) groups is 2. The van der Waals surface area contributed by atoms with Crippen LogP contribution in [0.2, 0.25) is 0 Å². The number of carbonyl (C=O) groups excluding carboxylic acids is 2. The second-order valence-corrected chi connectivity index (χ2v) is 11.4. The number of β-lactam (4-membered cyclic amide) rings is 1. The standard InChI is InChI=1S/C17H14BrF3N6O4S3/c1-5-23-24-16(34-5)33-4-6-3-32-14-9(13(29)27(14)10(6)15(30)31)22-12(28)8-7(18)11(17(19,20)21)26(2)25-8/h9,14H,3-4H2,1-2H3,(H,22,28)(H,30,31)/t9-,14+/m1/s1. The van der Waals surface area contributed by atoms with Crippen molar-refractivity contribution < 1.29 is 32.7 Å². The van der Waals surface area contributed by atoms with Gasteiger partial charge in [-0.15, -0.1) is 22.0 Å². The molecule has 17 heteroatoms. The van der Waals surface area contributed by atoms with E-state index in [9.17, 15) is 32.7 Å². The maximum absolute atomic E-state index is 13.2. The fourth-order valence-corrected chi connectivity index (χ4v) is 7.48. The third-order valence-electron chi connectivity index (χ3n) is 4.89. The topological polar surface area (TPSA) is 130 Å². The maximum Gasteiger partial charge on any atom is 0.434 e. The van der Waals surface area contributed by atoms with Crippen LogP contribution in [0.25, 0.3) is 0 Å². The van der Waals surface area contributed by atoms with Crippen LogP contribution in [-0.4, -0.2) is 70.7 Å². The molecule has 0 saturated carbocycles. The lowest BCUT2D eigenvalue weighted by atomic mass is 10.0. The first-order chi connectivity index (χ1) is 15.9. The fraction of sp³-hybridized carbons (Fsp3) is 0.412. The summed E-state index contributed by atoms with van der Waals surface area (Å²) >= 11 is 6.69. The number of halogens is 4. The molecule has 2 aromatic rings. The molecule has 2 aliphatic heterocycles. The average molecular weight is 599 g/mol. The van der Waals surface area contributed by atoms with Gasteiger partial charge in [-0.3, -0.25) is 19.2 Å². The summed E-state index contributed by atoms with van der Waals surface area (Å²) in [5.74, 6) is -2.35. The number of fused-ring (bicyclic) bond motifs is 1. The van der Waals surface area contributed by atoms with E-state index in [4.69, 9.17) is 0 Å². The Morgan fingerprint density at radius 1 is 1.35 bits per heavy atom. The Balaban J connectivity index is 1.50. The third kappa shape index (κ3) is 4.45. The van der Waals surface area contributed by atoms with Crippen molar-refractivity contribution in [3.05, 3.63) is 32.1 Å². The van der Waals surface area contributed by atoms with E-state index in [1.165, 1.54) is 34.9 Å². The first-order valence-corrected chi connectivity index (χ1v) is 13.0. The lowest BCUT2D eigenvalue weighted by Gasteiger charge is -2.49. The van der Waals surface area contributed by atoms with E-state index in [1.54, 1.807) is 6.92 Å². The van der Waals surface area contributed by atoms with Gasteiger partial charge in [-0.1, -0.05) is 23.1 Å².